The van der Waals surface area contributed by atoms with Gasteiger partial charge >= 0.3 is 5.97 Å². The van der Waals surface area contributed by atoms with E-state index in [0.717, 1.165) is 9.77 Å². The minimum absolute atomic E-state index is 0.000272. The second kappa shape index (κ2) is 6.04. The van der Waals surface area contributed by atoms with E-state index in [1.165, 1.54) is 18.2 Å². The van der Waals surface area contributed by atoms with Crippen molar-refractivity contribution in [3.05, 3.63) is 55.3 Å². The predicted octanol–water partition coefficient (Wildman–Crippen LogP) is 3.39. The summed E-state index contributed by atoms with van der Waals surface area (Å²) in [7, 11) is 0. The van der Waals surface area contributed by atoms with Crippen molar-refractivity contribution in [2.75, 3.05) is 0 Å². The van der Waals surface area contributed by atoms with Gasteiger partial charge in [0.2, 0.25) is 5.88 Å². The fraction of sp³-hybridized carbons (Fsp3) is 0.0769. The molecule has 1 aromatic heterocycles. The monoisotopic (exact) mass is 400 g/mol. The number of pyridine rings is 1. The molecule has 0 amide bonds. The average molecular weight is 400 g/mol. The topological polar surface area (TPSA) is 103 Å². The van der Waals surface area contributed by atoms with Crippen LogP contribution < -0.4 is 4.74 Å². The van der Waals surface area contributed by atoms with Gasteiger partial charge < -0.3 is 9.84 Å². The van der Waals surface area contributed by atoms with Crippen molar-refractivity contribution in [2.45, 2.75) is 6.92 Å². The summed E-state index contributed by atoms with van der Waals surface area (Å²) in [6.07, 6.45) is 1.08. The molecule has 7 nitrogen and oxygen atoms in total. The molecular formula is C13H9IN2O5. The van der Waals surface area contributed by atoms with E-state index in [9.17, 15) is 14.9 Å². The molecule has 0 radical (unpaired) electrons. The van der Waals surface area contributed by atoms with Gasteiger partial charge in [-0.05, 0) is 47.7 Å². The van der Waals surface area contributed by atoms with E-state index in [4.69, 9.17) is 9.84 Å². The number of carbonyl (C=O) groups is 1. The molecule has 0 spiro atoms. The number of nitro groups is 1. The Morgan fingerprint density at radius 1 is 1.43 bits per heavy atom. The zero-order valence-electron chi connectivity index (χ0n) is 10.7. The maximum absolute atomic E-state index is 11.2. The Morgan fingerprint density at radius 3 is 2.71 bits per heavy atom. The number of hydrogen-bond donors (Lipinski definition) is 1. The predicted molar refractivity (Wildman–Crippen MR) is 81.8 cm³/mol. The summed E-state index contributed by atoms with van der Waals surface area (Å²) in [6.45, 7) is 1.55. The van der Waals surface area contributed by atoms with Crippen LogP contribution in [-0.2, 0) is 0 Å². The number of carboxylic acids is 1. The summed E-state index contributed by atoms with van der Waals surface area (Å²) in [5.74, 6) is -0.896. The first-order valence-electron chi connectivity index (χ1n) is 5.70. The molecule has 8 heteroatoms. The van der Waals surface area contributed by atoms with Crippen LogP contribution in [0.1, 0.15) is 15.9 Å². The first kappa shape index (κ1) is 15.2. The van der Waals surface area contributed by atoms with Crippen molar-refractivity contribution in [3.63, 3.8) is 0 Å². The maximum Gasteiger partial charge on any atom is 0.339 e. The second-order valence-electron chi connectivity index (χ2n) is 4.11. The van der Waals surface area contributed by atoms with Crippen LogP contribution in [0.3, 0.4) is 0 Å². The minimum Gasteiger partial charge on any atom is -0.478 e. The number of rotatable bonds is 4. The van der Waals surface area contributed by atoms with Crippen LogP contribution in [0.5, 0.6) is 11.6 Å². The fourth-order valence-corrected chi connectivity index (χ4v) is 2.13. The Hall–Kier alpha value is -2.23. The van der Waals surface area contributed by atoms with E-state index in [1.54, 1.807) is 13.0 Å². The van der Waals surface area contributed by atoms with Gasteiger partial charge in [-0.3, -0.25) is 10.1 Å². The van der Waals surface area contributed by atoms with Gasteiger partial charge in [0, 0.05) is 15.2 Å². The fourth-order valence-electron chi connectivity index (χ4n) is 1.64. The van der Waals surface area contributed by atoms with Gasteiger partial charge in [-0.2, -0.15) is 0 Å². The van der Waals surface area contributed by atoms with E-state index in [1.807, 2.05) is 22.6 Å². The van der Waals surface area contributed by atoms with Crippen LogP contribution in [0.2, 0.25) is 0 Å². The summed E-state index contributed by atoms with van der Waals surface area (Å²) in [5.41, 5.74) is 0.260. The molecule has 2 aromatic rings. The van der Waals surface area contributed by atoms with Crippen molar-refractivity contribution in [1.82, 2.24) is 4.98 Å². The van der Waals surface area contributed by atoms with Gasteiger partial charge in [0.1, 0.15) is 17.5 Å². The number of benzene rings is 1. The zero-order chi connectivity index (χ0) is 15.6. The molecule has 0 fully saturated rings. The summed E-state index contributed by atoms with van der Waals surface area (Å²) in [4.78, 5) is 25.2. The first-order chi connectivity index (χ1) is 9.88. The van der Waals surface area contributed by atoms with Crippen molar-refractivity contribution >= 4 is 34.2 Å². The molecule has 108 valence electrons. The largest absolute Gasteiger partial charge is 0.478 e. The average Bonchev–Trinajstić information content (AvgIpc) is 2.40. The molecule has 0 aliphatic rings. The van der Waals surface area contributed by atoms with E-state index in [0.29, 0.717) is 5.56 Å². The maximum atomic E-state index is 11.2. The lowest BCUT2D eigenvalue weighted by atomic mass is 10.2. The third-order valence-electron chi connectivity index (χ3n) is 2.64. The van der Waals surface area contributed by atoms with Crippen LogP contribution in [-0.4, -0.2) is 21.0 Å². The van der Waals surface area contributed by atoms with Crippen LogP contribution in [0.4, 0.5) is 5.69 Å². The second-order valence-corrected chi connectivity index (χ2v) is 5.36. The van der Waals surface area contributed by atoms with Crippen molar-refractivity contribution in [1.29, 1.82) is 0 Å². The molecule has 0 aliphatic carbocycles. The summed E-state index contributed by atoms with van der Waals surface area (Å²) < 4.78 is 6.18. The van der Waals surface area contributed by atoms with Gasteiger partial charge in [0.25, 0.3) is 5.69 Å². The Bertz CT molecular complexity index is 732. The third kappa shape index (κ3) is 3.45. The SMILES string of the molecule is Cc1cc(Oc2ccc(I)cc2C(=O)O)ncc1[N+](=O)[O-]. The van der Waals surface area contributed by atoms with Crippen molar-refractivity contribution in [3.8, 4) is 11.6 Å². The molecule has 1 aromatic carbocycles. The number of aromatic carboxylic acids is 1. The van der Waals surface area contributed by atoms with Crippen LogP contribution in [0, 0.1) is 20.6 Å². The molecule has 1 N–H and O–H groups in total. The Morgan fingerprint density at radius 2 is 2.14 bits per heavy atom. The molecule has 0 bridgehead atoms. The smallest absolute Gasteiger partial charge is 0.339 e. The molecule has 0 unspecified atom stereocenters. The van der Waals surface area contributed by atoms with E-state index >= 15 is 0 Å². The lowest BCUT2D eigenvalue weighted by Gasteiger charge is -2.08. The number of halogens is 1. The highest BCUT2D eigenvalue weighted by Crippen LogP contribution is 2.28. The van der Waals surface area contributed by atoms with E-state index in [2.05, 4.69) is 4.98 Å². The van der Waals surface area contributed by atoms with Crippen LogP contribution >= 0.6 is 22.6 Å². The summed E-state index contributed by atoms with van der Waals surface area (Å²) in [6, 6.07) is 6.07. The van der Waals surface area contributed by atoms with E-state index in [-0.39, 0.29) is 22.9 Å². The summed E-state index contributed by atoms with van der Waals surface area (Å²) >= 11 is 1.99. The number of hydrogen-bond acceptors (Lipinski definition) is 5. The molecule has 1 heterocycles. The first-order valence-corrected chi connectivity index (χ1v) is 6.78. The number of nitrogens with zero attached hydrogens (tertiary/aromatic N) is 2. The Labute approximate surface area is 132 Å². The van der Waals surface area contributed by atoms with Crippen LogP contribution in [0.15, 0.2) is 30.5 Å². The highest BCUT2D eigenvalue weighted by Gasteiger charge is 2.16. The minimum atomic E-state index is -1.12. The third-order valence-corrected chi connectivity index (χ3v) is 3.31. The standard InChI is InChI=1S/C13H9IN2O5/c1-7-4-12(15-6-10(7)16(19)20)21-11-3-2-8(14)5-9(11)13(17)18/h2-6H,1H3,(H,17,18). The van der Waals surface area contributed by atoms with Gasteiger partial charge in [-0.1, -0.05) is 0 Å². The quantitative estimate of drug-likeness (QED) is 0.480. The van der Waals surface area contributed by atoms with Gasteiger partial charge in [-0.25, -0.2) is 9.78 Å². The molecular weight excluding hydrogens is 391 g/mol. The number of aromatic nitrogens is 1. The zero-order valence-corrected chi connectivity index (χ0v) is 12.9. The highest BCUT2D eigenvalue weighted by molar-refractivity contribution is 14.1. The number of aryl methyl sites for hydroxylation is 1. The molecule has 2 rings (SSSR count). The Kier molecular flexibility index (Phi) is 4.36. The molecule has 0 aliphatic heterocycles. The van der Waals surface area contributed by atoms with E-state index < -0.39 is 10.9 Å². The molecule has 0 saturated heterocycles. The van der Waals surface area contributed by atoms with Gasteiger partial charge in [-0.15, -0.1) is 0 Å². The van der Waals surface area contributed by atoms with Crippen molar-refractivity contribution < 1.29 is 19.6 Å². The summed E-state index contributed by atoms with van der Waals surface area (Å²) in [5, 5.41) is 19.9. The van der Waals surface area contributed by atoms with Crippen molar-refractivity contribution in [2.24, 2.45) is 0 Å². The molecule has 0 saturated carbocycles. The highest BCUT2D eigenvalue weighted by atomic mass is 127. The Balaban J connectivity index is 2.37. The number of ether oxygens (including phenoxy) is 1. The van der Waals surface area contributed by atoms with Gasteiger partial charge in [0.15, 0.2) is 0 Å². The molecule has 21 heavy (non-hydrogen) atoms. The van der Waals surface area contributed by atoms with Crippen LogP contribution in [0.25, 0.3) is 0 Å². The lowest BCUT2D eigenvalue weighted by Crippen LogP contribution is -2.02. The molecule has 0 atom stereocenters. The van der Waals surface area contributed by atoms with Gasteiger partial charge in [0.05, 0.1) is 4.92 Å². The number of carboxylic acid groups (broad SMARTS) is 1. The lowest BCUT2D eigenvalue weighted by molar-refractivity contribution is -0.385. The normalized spacial score (nSPS) is 10.2.